The van der Waals surface area contributed by atoms with Gasteiger partial charge in [0, 0.05) is 12.1 Å². The highest BCUT2D eigenvalue weighted by Crippen LogP contribution is 2.51. The van der Waals surface area contributed by atoms with Crippen LogP contribution in [0.4, 0.5) is 11.4 Å². The predicted molar refractivity (Wildman–Crippen MR) is 172 cm³/mol. The third-order valence-electron chi connectivity index (χ3n) is 8.74. The second kappa shape index (κ2) is 13.4. The first-order chi connectivity index (χ1) is 21.1. The Morgan fingerprint density at radius 1 is 1.23 bits per heavy atom. The molecule has 0 radical (unpaired) electrons. The van der Waals surface area contributed by atoms with Crippen LogP contribution in [0.1, 0.15) is 44.6 Å². The number of imide groups is 1. The number of methoxy groups -OCH3 is 1. The average molecular weight is 716 g/mol. The summed E-state index contributed by atoms with van der Waals surface area (Å²) >= 11 is 2.06. The second-order valence-corrected chi connectivity index (χ2v) is 12.6. The summed E-state index contributed by atoms with van der Waals surface area (Å²) in [6.07, 6.45) is 4.55. The van der Waals surface area contributed by atoms with E-state index in [4.69, 9.17) is 9.39 Å². The van der Waals surface area contributed by atoms with E-state index in [1.807, 2.05) is 6.07 Å². The van der Waals surface area contributed by atoms with E-state index in [0.717, 1.165) is 34.5 Å². The van der Waals surface area contributed by atoms with E-state index in [2.05, 4.69) is 35.6 Å². The Labute approximate surface area is 269 Å². The SMILES string of the molecule is CCC/C(=C\c1cc(I)c(O)c(OC)c1)CC[C@H]1OB(O)C[C@H]2C1=C(CO)C[C@H]1C(=O)N(c3cccc([N+](=O)[O-])c3)C(=O)[C@H]12. The number of amides is 2. The van der Waals surface area contributed by atoms with Gasteiger partial charge in [0.25, 0.3) is 5.69 Å². The molecule has 11 nitrogen and oxygen atoms in total. The lowest BCUT2D eigenvalue weighted by atomic mass is 9.58. The molecule has 3 aliphatic rings. The minimum Gasteiger partial charge on any atom is -0.504 e. The third-order valence-corrected chi connectivity index (χ3v) is 9.56. The van der Waals surface area contributed by atoms with E-state index in [-0.39, 0.29) is 36.5 Å². The van der Waals surface area contributed by atoms with Gasteiger partial charge < -0.3 is 24.6 Å². The van der Waals surface area contributed by atoms with Crippen LogP contribution < -0.4 is 9.64 Å². The number of benzene rings is 2. The number of carbonyl (C=O) groups is 2. The largest absolute Gasteiger partial charge is 0.504 e. The second-order valence-electron chi connectivity index (χ2n) is 11.4. The molecule has 2 aromatic rings. The van der Waals surface area contributed by atoms with Crippen LogP contribution in [-0.2, 0) is 14.2 Å². The molecule has 1 aliphatic carbocycles. The smallest absolute Gasteiger partial charge is 0.455 e. The number of rotatable bonds is 10. The molecule has 2 saturated heterocycles. The maximum Gasteiger partial charge on any atom is 0.455 e. The van der Waals surface area contributed by atoms with Crippen molar-refractivity contribution < 1.29 is 39.1 Å². The van der Waals surface area contributed by atoms with Crippen LogP contribution in [0.3, 0.4) is 0 Å². The molecular weight excluding hydrogens is 682 g/mol. The van der Waals surface area contributed by atoms with Gasteiger partial charge in [-0.25, -0.2) is 4.90 Å². The zero-order chi connectivity index (χ0) is 31.7. The lowest BCUT2D eigenvalue weighted by molar-refractivity contribution is -0.384. The number of halogens is 1. The number of nitro benzene ring substituents is 1. The Balaban J connectivity index is 1.43. The Morgan fingerprint density at radius 2 is 2.00 bits per heavy atom. The normalized spacial score (nSPS) is 23.6. The summed E-state index contributed by atoms with van der Waals surface area (Å²) in [5.41, 5.74) is 3.30. The predicted octanol–water partition coefficient (Wildman–Crippen LogP) is 4.87. The number of carbonyl (C=O) groups excluding carboxylic acids is 2. The number of hydrogen-bond acceptors (Lipinski definition) is 9. The highest BCUT2D eigenvalue weighted by Gasteiger charge is 2.57. The maximum absolute atomic E-state index is 13.8. The third kappa shape index (κ3) is 6.15. The van der Waals surface area contributed by atoms with Crippen molar-refractivity contribution in [1.29, 1.82) is 0 Å². The number of allylic oxidation sites excluding steroid dienone is 1. The topological polar surface area (TPSA) is 160 Å². The number of non-ortho nitro benzene ring substituents is 1. The van der Waals surface area contributed by atoms with Crippen molar-refractivity contribution in [3.8, 4) is 11.5 Å². The van der Waals surface area contributed by atoms with Gasteiger partial charge in [-0.2, -0.15) is 0 Å². The van der Waals surface area contributed by atoms with Gasteiger partial charge in [-0.15, -0.1) is 0 Å². The minimum absolute atomic E-state index is 0.0843. The van der Waals surface area contributed by atoms with Crippen LogP contribution in [0.5, 0.6) is 11.5 Å². The van der Waals surface area contributed by atoms with Crippen LogP contribution >= 0.6 is 22.6 Å². The molecule has 0 bridgehead atoms. The first-order valence-electron chi connectivity index (χ1n) is 14.6. The van der Waals surface area contributed by atoms with Crippen LogP contribution in [0.2, 0.25) is 6.32 Å². The molecule has 4 atom stereocenters. The van der Waals surface area contributed by atoms with Gasteiger partial charge in [0.05, 0.1) is 45.8 Å². The van der Waals surface area contributed by atoms with Crippen molar-refractivity contribution in [2.75, 3.05) is 18.6 Å². The van der Waals surface area contributed by atoms with Crippen molar-refractivity contribution >= 4 is 59.0 Å². The molecule has 0 spiro atoms. The zero-order valence-electron chi connectivity index (χ0n) is 24.4. The number of anilines is 1. The molecule has 5 rings (SSSR count). The number of hydrogen-bond donors (Lipinski definition) is 3. The fourth-order valence-corrected chi connectivity index (χ4v) is 7.51. The van der Waals surface area contributed by atoms with E-state index in [1.165, 1.54) is 31.4 Å². The number of phenolic OH excluding ortho intramolecular Hbond substituents is 1. The van der Waals surface area contributed by atoms with Crippen LogP contribution in [-0.4, -0.2) is 58.9 Å². The molecule has 0 saturated carbocycles. The summed E-state index contributed by atoms with van der Waals surface area (Å²) in [7, 11) is 0.337. The van der Waals surface area contributed by atoms with Crippen molar-refractivity contribution in [1.82, 2.24) is 0 Å². The lowest BCUT2D eigenvalue weighted by Crippen LogP contribution is -2.46. The van der Waals surface area contributed by atoms with Gasteiger partial charge in [0.1, 0.15) is 0 Å². The van der Waals surface area contributed by atoms with Crippen molar-refractivity contribution in [2.24, 2.45) is 17.8 Å². The first kappa shape index (κ1) is 32.1. The van der Waals surface area contributed by atoms with Gasteiger partial charge in [0.2, 0.25) is 11.8 Å². The molecule has 2 amide bonds. The van der Waals surface area contributed by atoms with E-state index >= 15 is 0 Å². The molecule has 3 N–H and O–H groups in total. The summed E-state index contributed by atoms with van der Waals surface area (Å²) < 4.78 is 12.0. The maximum atomic E-state index is 13.8. The van der Waals surface area contributed by atoms with Crippen LogP contribution in [0, 0.1) is 31.4 Å². The summed E-state index contributed by atoms with van der Waals surface area (Å²) in [4.78, 5) is 39.2. The number of aliphatic hydroxyl groups excluding tert-OH is 1. The highest BCUT2D eigenvalue weighted by molar-refractivity contribution is 14.1. The summed E-state index contributed by atoms with van der Waals surface area (Å²) in [6.45, 7) is 1.77. The number of phenols is 1. The number of nitro groups is 1. The quantitative estimate of drug-likeness (QED) is 0.0779. The molecule has 2 fully saturated rings. The molecule has 2 heterocycles. The van der Waals surface area contributed by atoms with Gasteiger partial charge in [-0.05, 0) is 95.4 Å². The van der Waals surface area contributed by atoms with Gasteiger partial charge in [0.15, 0.2) is 11.5 Å². The average Bonchev–Trinajstić information content (AvgIpc) is 3.25. The Kier molecular flexibility index (Phi) is 9.78. The molecule has 0 unspecified atom stereocenters. The van der Waals surface area contributed by atoms with Gasteiger partial charge in [-0.3, -0.25) is 19.7 Å². The lowest BCUT2D eigenvalue weighted by Gasteiger charge is -2.43. The number of ether oxygens (including phenoxy) is 1. The molecule has 2 aromatic carbocycles. The fraction of sp³-hybridized carbons (Fsp3) is 0.419. The first-order valence-corrected chi connectivity index (χ1v) is 15.7. The molecule has 0 aromatic heterocycles. The molecule has 2 aliphatic heterocycles. The summed E-state index contributed by atoms with van der Waals surface area (Å²) in [6, 6.07) is 9.08. The highest BCUT2D eigenvalue weighted by atomic mass is 127. The van der Waals surface area contributed by atoms with Crippen molar-refractivity contribution in [2.45, 2.75) is 51.5 Å². The Bertz CT molecular complexity index is 1540. The monoisotopic (exact) mass is 716 g/mol. The molecule has 44 heavy (non-hydrogen) atoms. The summed E-state index contributed by atoms with van der Waals surface area (Å²) in [5, 5.41) is 42.8. The Morgan fingerprint density at radius 3 is 2.68 bits per heavy atom. The van der Waals surface area contributed by atoms with Crippen molar-refractivity contribution in [3.63, 3.8) is 0 Å². The van der Waals surface area contributed by atoms with Crippen molar-refractivity contribution in [3.05, 3.63) is 72.4 Å². The minimum atomic E-state index is -1.16. The molecule has 13 heteroatoms. The zero-order valence-corrected chi connectivity index (χ0v) is 26.6. The van der Waals surface area contributed by atoms with Crippen LogP contribution in [0.15, 0.2) is 53.1 Å². The number of fused-ring (bicyclic) bond motifs is 3. The molecular formula is C31H34BIN2O9. The number of aromatic hydroxyl groups is 1. The number of nitrogens with zero attached hydrogens (tertiary/aromatic N) is 2. The fourth-order valence-electron chi connectivity index (χ4n) is 6.89. The summed E-state index contributed by atoms with van der Waals surface area (Å²) in [5.74, 6) is -2.50. The molecule has 232 valence electrons. The van der Waals surface area contributed by atoms with E-state index < -0.39 is 47.7 Å². The Hall–Kier alpha value is -3.27. The van der Waals surface area contributed by atoms with E-state index in [1.54, 1.807) is 6.07 Å². The van der Waals surface area contributed by atoms with Crippen LogP contribution in [0.25, 0.3) is 6.08 Å². The van der Waals surface area contributed by atoms with Gasteiger partial charge >= 0.3 is 7.12 Å². The standard InChI is InChI=1S/C31H34BIN2O9/c1-3-5-17(10-18-11-24(33)29(37)26(12-18)43-2)8-9-25-27-19(16-36)13-22-28(23(27)15-32(40)44-25)31(39)34(30(22)38)20-6-4-7-21(14-20)35(41)42/h4,6-7,10-12,14,22-23,25,28,36-37,40H,3,5,8-9,13,15-16H2,1-2H3/b17-10+/t22-,23+,25-,28-/m1/s1. The number of aliphatic hydroxyl groups is 1. The van der Waals surface area contributed by atoms with E-state index in [9.17, 15) is 34.9 Å². The van der Waals surface area contributed by atoms with Gasteiger partial charge in [-0.1, -0.05) is 31.1 Å². The van der Waals surface area contributed by atoms with E-state index in [0.29, 0.717) is 27.7 Å².